The number of carbonyl (C=O) groups is 1. The second-order valence-corrected chi connectivity index (χ2v) is 7.81. The van der Waals surface area contributed by atoms with E-state index in [-0.39, 0.29) is 5.91 Å². The van der Waals surface area contributed by atoms with Crippen LogP contribution in [0.2, 0.25) is 0 Å². The van der Waals surface area contributed by atoms with Crippen LogP contribution in [0.15, 0.2) is 108 Å². The molecule has 0 unspecified atom stereocenters. The van der Waals surface area contributed by atoms with Gasteiger partial charge in [0, 0.05) is 22.9 Å². The number of rotatable bonds is 5. The van der Waals surface area contributed by atoms with Crippen LogP contribution >= 0.6 is 0 Å². The molecule has 33 heavy (non-hydrogen) atoms. The standard InChI is InChI=1S/C28H22N4O/c1-20-9-7-12-22(17-20)27-23(19-32(31-27)24-13-3-2-4-14-24)18-29-30-28(33)26-16-8-11-21-10-5-6-15-25(21)26/h2-19H,1H3,(H,30,33)/b29-18+. The molecule has 1 aromatic heterocycles. The molecule has 0 aliphatic heterocycles. The lowest BCUT2D eigenvalue weighted by molar-refractivity contribution is 0.0957. The fourth-order valence-electron chi connectivity index (χ4n) is 3.86. The van der Waals surface area contributed by atoms with Gasteiger partial charge in [0.2, 0.25) is 0 Å². The van der Waals surface area contributed by atoms with Crippen molar-refractivity contribution in [1.29, 1.82) is 0 Å². The zero-order valence-electron chi connectivity index (χ0n) is 18.1. The average molecular weight is 431 g/mol. The van der Waals surface area contributed by atoms with Crippen molar-refractivity contribution in [2.75, 3.05) is 0 Å². The molecule has 0 radical (unpaired) electrons. The predicted molar refractivity (Wildman–Crippen MR) is 133 cm³/mol. The van der Waals surface area contributed by atoms with Gasteiger partial charge in [0.05, 0.1) is 11.9 Å². The maximum atomic E-state index is 12.8. The van der Waals surface area contributed by atoms with Crippen LogP contribution in [0.25, 0.3) is 27.7 Å². The molecule has 0 fully saturated rings. The first-order valence-corrected chi connectivity index (χ1v) is 10.7. The van der Waals surface area contributed by atoms with Gasteiger partial charge in [0.25, 0.3) is 5.91 Å². The van der Waals surface area contributed by atoms with Gasteiger partial charge in [0.1, 0.15) is 5.69 Å². The molecule has 5 aromatic rings. The molecular formula is C28H22N4O. The van der Waals surface area contributed by atoms with Gasteiger partial charge >= 0.3 is 0 Å². The Morgan fingerprint density at radius 2 is 1.67 bits per heavy atom. The number of benzene rings is 4. The summed E-state index contributed by atoms with van der Waals surface area (Å²) >= 11 is 0. The van der Waals surface area contributed by atoms with Gasteiger partial charge in [-0.25, -0.2) is 10.1 Å². The molecule has 0 bridgehead atoms. The van der Waals surface area contributed by atoms with Crippen LogP contribution in [0.5, 0.6) is 0 Å². The van der Waals surface area contributed by atoms with Crippen LogP contribution in [0.3, 0.4) is 0 Å². The molecule has 1 N–H and O–H groups in total. The van der Waals surface area contributed by atoms with Crippen molar-refractivity contribution in [3.8, 4) is 16.9 Å². The summed E-state index contributed by atoms with van der Waals surface area (Å²) in [6, 6.07) is 31.6. The molecule has 0 aliphatic rings. The highest BCUT2D eigenvalue weighted by Crippen LogP contribution is 2.24. The third kappa shape index (κ3) is 4.29. The highest BCUT2D eigenvalue weighted by atomic mass is 16.2. The Morgan fingerprint density at radius 1 is 0.909 bits per heavy atom. The smallest absolute Gasteiger partial charge is 0.267 e. The van der Waals surface area contributed by atoms with E-state index in [1.165, 1.54) is 0 Å². The van der Waals surface area contributed by atoms with Crippen molar-refractivity contribution in [3.63, 3.8) is 0 Å². The van der Waals surface area contributed by atoms with E-state index in [9.17, 15) is 4.79 Å². The van der Waals surface area contributed by atoms with Crippen LogP contribution in [0.4, 0.5) is 0 Å². The van der Waals surface area contributed by atoms with Gasteiger partial charge in [-0.1, -0.05) is 78.4 Å². The zero-order chi connectivity index (χ0) is 22.6. The topological polar surface area (TPSA) is 59.3 Å². The monoisotopic (exact) mass is 430 g/mol. The number of aryl methyl sites for hydroxylation is 1. The highest BCUT2D eigenvalue weighted by Gasteiger charge is 2.12. The largest absolute Gasteiger partial charge is 0.271 e. The average Bonchev–Trinajstić information content (AvgIpc) is 3.28. The number of fused-ring (bicyclic) bond motifs is 1. The van der Waals surface area contributed by atoms with Gasteiger partial charge in [-0.15, -0.1) is 0 Å². The maximum Gasteiger partial charge on any atom is 0.271 e. The lowest BCUT2D eigenvalue weighted by Crippen LogP contribution is -2.17. The molecule has 0 saturated carbocycles. The van der Waals surface area contributed by atoms with Crippen molar-refractivity contribution in [2.45, 2.75) is 6.92 Å². The minimum absolute atomic E-state index is 0.254. The molecule has 1 heterocycles. The fourth-order valence-corrected chi connectivity index (χ4v) is 3.86. The first-order valence-electron chi connectivity index (χ1n) is 10.7. The van der Waals surface area contributed by atoms with Crippen LogP contribution < -0.4 is 5.43 Å². The van der Waals surface area contributed by atoms with Gasteiger partial charge in [-0.05, 0) is 42.0 Å². The number of carbonyl (C=O) groups excluding carboxylic acids is 1. The number of hydrogen-bond acceptors (Lipinski definition) is 3. The van der Waals surface area contributed by atoms with E-state index < -0.39 is 0 Å². The van der Waals surface area contributed by atoms with Crippen LogP contribution in [0.1, 0.15) is 21.5 Å². The molecule has 0 spiro atoms. The number of para-hydroxylation sites is 1. The summed E-state index contributed by atoms with van der Waals surface area (Å²) in [6.45, 7) is 2.05. The zero-order valence-corrected chi connectivity index (χ0v) is 18.1. The van der Waals surface area contributed by atoms with E-state index in [0.29, 0.717) is 5.56 Å². The van der Waals surface area contributed by atoms with Gasteiger partial charge in [0.15, 0.2) is 0 Å². The Kier molecular flexibility index (Phi) is 5.52. The summed E-state index contributed by atoms with van der Waals surface area (Å²) in [4.78, 5) is 12.8. The van der Waals surface area contributed by atoms with Crippen molar-refractivity contribution in [3.05, 3.63) is 120 Å². The Hall–Kier alpha value is -4.51. The minimum Gasteiger partial charge on any atom is -0.267 e. The number of hydrazone groups is 1. The van der Waals surface area contributed by atoms with Crippen molar-refractivity contribution in [1.82, 2.24) is 15.2 Å². The number of amides is 1. The Morgan fingerprint density at radius 3 is 2.52 bits per heavy atom. The van der Waals surface area contributed by atoms with Gasteiger partial charge < -0.3 is 0 Å². The van der Waals surface area contributed by atoms with E-state index in [0.717, 1.165) is 38.8 Å². The Balaban J connectivity index is 1.47. The second kappa shape index (κ2) is 8.93. The third-order valence-electron chi connectivity index (χ3n) is 5.46. The first-order chi connectivity index (χ1) is 16.2. The summed E-state index contributed by atoms with van der Waals surface area (Å²) in [5, 5.41) is 11.0. The molecular weight excluding hydrogens is 408 g/mol. The van der Waals surface area contributed by atoms with Crippen LogP contribution in [0, 0.1) is 6.92 Å². The first kappa shape index (κ1) is 20.4. The molecule has 160 valence electrons. The molecule has 1 amide bonds. The minimum atomic E-state index is -0.254. The van der Waals surface area contributed by atoms with Crippen molar-refractivity contribution < 1.29 is 4.79 Å². The Labute approximate surface area is 192 Å². The number of hydrogen-bond donors (Lipinski definition) is 1. The lowest BCUT2D eigenvalue weighted by atomic mass is 10.0. The second-order valence-electron chi connectivity index (χ2n) is 7.81. The van der Waals surface area contributed by atoms with Gasteiger partial charge in [-0.2, -0.15) is 10.2 Å². The third-order valence-corrected chi connectivity index (χ3v) is 5.46. The Bertz CT molecular complexity index is 1460. The van der Waals surface area contributed by atoms with E-state index in [4.69, 9.17) is 5.10 Å². The van der Waals surface area contributed by atoms with E-state index in [1.807, 2.05) is 89.7 Å². The van der Waals surface area contributed by atoms with Crippen LogP contribution in [-0.2, 0) is 0 Å². The number of aromatic nitrogens is 2. The van der Waals surface area contributed by atoms with E-state index in [1.54, 1.807) is 12.3 Å². The summed E-state index contributed by atoms with van der Waals surface area (Å²) in [5.41, 5.74) is 7.95. The molecule has 0 aliphatic carbocycles. The summed E-state index contributed by atoms with van der Waals surface area (Å²) in [7, 11) is 0. The number of nitrogens with zero attached hydrogens (tertiary/aromatic N) is 3. The summed E-state index contributed by atoms with van der Waals surface area (Å²) in [6.07, 6.45) is 3.56. The SMILES string of the molecule is Cc1cccc(-c2nn(-c3ccccc3)cc2/C=N/NC(=O)c2cccc3ccccc23)c1. The molecule has 0 saturated heterocycles. The lowest BCUT2D eigenvalue weighted by Gasteiger charge is -2.04. The van der Waals surface area contributed by atoms with Crippen LogP contribution in [-0.4, -0.2) is 21.9 Å². The van der Waals surface area contributed by atoms with Crippen molar-refractivity contribution in [2.24, 2.45) is 5.10 Å². The highest BCUT2D eigenvalue weighted by molar-refractivity contribution is 6.07. The summed E-state index contributed by atoms with van der Waals surface area (Å²) < 4.78 is 1.82. The van der Waals surface area contributed by atoms with Gasteiger partial charge in [-0.3, -0.25) is 4.79 Å². The molecule has 4 aromatic carbocycles. The van der Waals surface area contributed by atoms with E-state index in [2.05, 4.69) is 29.6 Å². The molecule has 5 rings (SSSR count). The quantitative estimate of drug-likeness (QED) is 0.284. The fraction of sp³-hybridized carbons (Fsp3) is 0.0357. The normalized spacial score (nSPS) is 11.2. The van der Waals surface area contributed by atoms with E-state index >= 15 is 0 Å². The molecule has 5 nitrogen and oxygen atoms in total. The maximum absolute atomic E-state index is 12.8. The predicted octanol–water partition coefficient (Wildman–Crippen LogP) is 5.76. The van der Waals surface area contributed by atoms with Crippen molar-refractivity contribution >= 4 is 22.9 Å². The summed E-state index contributed by atoms with van der Waals surface area (Å²) in [5.74, 6) is -0.254. The number of nitrogens with one attached hydrogen (secondary N) is 1. The molecule has 5 heteroatoms. The molecule has 0 atom stereocenters.